The van der Waals surface area contributed by atoms with Crippen molar-refractivity contribution in [3.05, 3.63) is 22.8 Å². The van der Waals surface area contributed by atoms with Crippen molar-refractivity contribution >= 4 is 27.8 Å². The van der Waals surface area contributed by atoms with E-state index in [1.54, 1.807) is 18.3 Å². The van der Waals surface area contributed by atoms with Crippen molar-refractivity contribution in [2.45, 2.75) is 13.3 Å². The molecule has 0 spiro atoms. The summed E-state index contributed by atoms with van der Waals surface area (Å²) in [7, 11) is 0. The SMILES string of the molecule is CCCNC(=O)Nc1cc(Br)ccn1. The molecular weight excluding hydrogens is 246 g/mol. The Morgan fingerprint density at radius 2 is 2.43 bits per heavy atom. The van der Waals surface area contributed by atoms with Crippen molar-refractivity contribution in [1.82, 2.24) is 10.3 Å². The van der Waals surface area contributed by atoms with Crippen LogP contribution in [0.3, 0.4) is 0 Å². The minimum Gasteiger partial charge on any atom is -0.338 e. The predicted octanol–water partition coefficient (Wildman–Crippen LogP) is 2.38. The molecule has 2 N–H and O–H groups in total. The molecule has 14 heavy (non-hydrogen) atoms. The van der Waals surface area contributed by atoms with E-state index < -0.39 is 0 Å². The van der Waals surface area contributed by atoms with Gasteiger partial charge in [0.25, 0.3) is 0 Å². The van der Waals surface area contributed by atoms with Crippen molar-refractivity contribution in [3.63, 3.8) is 0 Å². The fraction of sp³-hybridized carbons (Fsp3) is 0.333. The maximum atomic E-state index is 11.2. The smallest absolute Gasteiger partial charge is 0.320 e. The molecule has 0 saturated heterocycles. The van der Waals surface area contributed by atoms with Gasteiger partial charge in [-0.15, -0.1) is 0 Å². The van der Waals surface area contributed by atoms with E-state index in [2.05, 4.69) is 31.5 Å². The molecule has 1 aromatic rings. The maximum absolute atomic E-state index is 11.2. The highest BCUT2D eigenvalue weighted by molar-refractivity contribution is 9.10. The van der Waals surface area contributed by atoms with E-state index in [9.17, 15) is 4.79 Å². The minimum absolute atomic E-state index is 0.225. The zero-order valence-electron chi connectivity index (χ0n) is 7.88. The number of carbonyl (C=O) groups excluding carboxylic acids is 1. The third-order valence-corrected chi connectivity index (χ3v) is 1.99. The summed E-state index contributed by atoms with van der Waals surface area (Å²) in [6, 6.07) is 3.32. The van der Waals surface area contributed by atoms with E-state index in [-0.39, 0.29) is 6.03 Å². The molecule has 0 aliphatic carbocycles. The molecule has 0 aliphatic rings. The normalized spacial score (nSPS) is 9.57. The van der Waals surface area contributed by atoms with Gasteiger partial charge in [-0.05, 0) is 18.6 Å². The fourth-order valence-corrected chi connectivity index (χ4v) is 1.21. The van der Waals surface area contributed by atoms with Crippen molar-refractivity contribution in [2.75, 3.05) is 11.9 Å². The van der Waals surface area contributed by atoms with Crippen LogP contribution in [0.15, 0.2) is 22.8 Å². The second-order valence-electron chi connectivity index (χ2n) is 2.74. The van der Waals surface area contributed by atoms with Gasteiger partial charge in [-0.1, -0.05) is 22.9 Å². The second-order valence-corrected chi connectivity index (χ2v) is 3.66. The number of aromatic nitrogens is 1. The van der Waals surface area contributed by atoms with Gasteiger partial charge >= 0.3 is 6.03 Å². The zero-order valence-corrected chi connectivity index (χ0v) is 9.47. The van der Waals surface area contributed by atoms with Crippen LogP contribution >= 0.6 is 15.9 Å². The van der Waals surface area contributed by atoms with Crippen LogP contribution in [-0.2, 0) is 0 Å². The largest absolute Gasteiger partial charge is 0.338 e. The lowest BCUT2D eigenvalue weighted by Gasteiger charge is -2.05. The molecule has 0 aromatic carbocycles. The van der Waals surface area contributed by atoms with Crippen LogP contribution < -0.4 is 10.6 Å². The number of rotatable bonds is 3. The van der Waals surface area contributed by atoms with E-state index in [1.165, 1.54) is 0 Å². The van der Waals surface area contributed by atoms with E-state index in [4.69, 9.17) is 0 Å². The average molecular weight is 258 g/mol. The van der Waals surface area contributed by atoms with Crippen molar-refractivity contribution < 1.29 is 4.79 Å². The first kappa shape index (κ1) is 11.0. The van der Waals surface area contributed by atoms with Crippen LogP contribution in [0.2, 0.25) is 0 Å². The van der Waals surface area contributed by atoms with E-state index in [1.807, 2.05) is 6.92 Å². The van der Waals surface area contributed by atoms with Gasteiger partial charge in [-0.25, -0.2) is 9.78 Å². The summed E-state index contributed by atoms with van der Waals surface area (Å²) in [5.41, 5.74) is 0. The highest BCUT2D eigenvalue weighted by Gasteiger charge is 2.00. The first-order valence-electron chi connectivity index (χ1n) is 4.38. The lowest BCUT2D eigenvalue weighted by atomic mass is 10.4. The number of pyridine rings is 1. The number of carbonyl (C=O) groups is 1. The number of nitrogens with zero attached hydrogens (tertiary/aromatic N) is 1. The molecular formula is C9H12BrN3O. The molecule has 2 amide bonds. The van der Waals surface area contributed by atoms with Crippen LogP contribution in [-0.4, -0.2) is 17.6 Å². The van der Waals surface area contributed by atoms with E-state index >= 15 is 0 Å². The Bertz CT molecular complexity index is 317. The maximum Gasteiger partial charge on any atom is 0.320 e. The molecule has 1 aromatic heterocycles. The number of hydrogen-bond donors (Lipinski definition) is 2. The topological polar surface area (TPSA) is 54.0 Å². The molecule has 4 nitrogen and oxygen atoms in total. The van der Waals surface area contributed by atoms with Gasteiger partial charge in [0.15, 0.2) is 0 Å². The lowest BCUT2D eigenvalue weighted by molar-refractivity contribution is 0.252. The van der Waals surface area contributed by atoms with Gasteiger partial charge in [0.05, 0.1) is 0 Å². The quantitative estimate of drug-likeness (QED) is 0.874. The summed E-state index contributed by atoms with van der Waals surface area (Å²) in [6.07, 6.45) is 2.54. The molecule has 1 rings (SSSR count). The number of amides is 2. The second kappa shape index (κ2) is 5.59. The Kier molecular flexibility index (Phi) is 4.39. The Morgan fingerprint density at radius 1 is 1.64 bits per heavy atom. The predicted molar refractivity (Wildman–Crippen MR) is 59.2 cm³/mol. The Hall–Kier alpha value is -1.10. The van der Waals surface area contributed by atoms with Crippen LogP contribution in [0.1, 0.15) is 13.3 Å². The molecule has 5 heteroatoms. The number of hydrogen-bond acceptors (Lipinski definition) is 2. The third kappa shape index (κ3) is 3.74. The minimum atomic E-state index is -0.225. The molecule has 0 aliphatic heterocycles. The van der Waals surface area contributed by atoms with Gasteiger partial charge in [0.2, 0.25) is 0 Å². The van der Waals surface area contributed by atoms with Crippen LogP contribution in [0.25, 0.3) is 0 Å². The number of urea groups is 1. The summed E-state index contributed by atoms with van der Waals surface area (Å²) in [6.45, 7) is 2.66. The van der Waals surface area contributed by atoms with Crippen LogP contribution in [0.5, 0.6) is 0 Å². The van der Waals surface area contributed by atoms with Gasteiger partial charge in [-0.3, -0.25) is 5.32 Å². The van der Waals surface area contributed by atoms with Crippen LogP contribution in [0, 0.1) is 0 Å². The van der Waals surface area contributed by atoms with Gasteiger partial charge in [0, 0.05) is 17.2 Å². The van der Waals surface area contributed by atoms with Crippen LogP contribution in [0.4, 0.5) is 10.6 Å². The summed E-state index contributed by atoms with van der Waals surface area (Å²) < 4.78 is 0.887. The van der Waals surface area contributed by atoms with Gasteiger partial charge < -0.3 is 5.32 Å². The molecule has 1 heterocycles. The highest BCUT2D eigenvalue weighted by atomic mass is 79.9. The Labute approximate surface area is 91.2 Å². The van der Waals surface area contributed by atoms with E-state index in [0.717, 1.165) is 10.9 Å². The lowest BCUT2D eigenvalue weighted by Crippen LogP contribution is -2.29. The molecule has 0 saturated carbocycles. The van der Waals surface area contributed by atoms with Crippen molar-refractivity contribution in [1.29, 1.82) is 0 Å². The van der Waals surface area contributed by atoms with Gasteiger partial charge in [-0.2, -0.15) is 0 Å². The standard InChI is InChI=1S/C9H12BrN3O/c1-2-4-12-9(14)13-8-6-7(10)3-5-11-8/h3,5-6H,2,4H2,1H3,(H2,11,12,13,14). The molecule has 0 radical (unpaired) electrons. The highest BCUT2D eigenvalue weighted by Crippen LogP contribution is 2.12. The Morgan fingerprint density at radius 3 is 3.07 bits per heavy atom. The van der Waals surface area contributed by atoms with Crippen molar-refractivity contribution in [3.8, 4) is 0 Å². The summed E-state index contributed by atoms with van der Waals surface area (Å²) in [5, 5.41) is 5.32. The first-order valence-corrected chi connectivity index (χ1v) is 5.18. The van der Waals surface area contributed by atoms with E-state index in [0.29, 0.717) is 12.4 Å². The molecule has 0 atom stereocenters. The first-order chi connectivity index (χ1) is 6.72. The number of nitrogens with one attached hydrogen (secondary N) is 2. The van der Waals surface area contributed by atoms with Gasteiger partial charge in [0.1, 0.15) is 5.82 Å². The Balaban J connectivity index is 2.47. The molecule has 76 valence electrons. The summed E-state index contributed by atoms with van der Waals surface area (Å²) >= 11 is 3.29. The summed E-state index contributed by atoms with van der Waals surface area (Å²) in [4.78, 5) is 15.2. The molecule has 0 unspecified atom stereocenters. The number of halogens is 1. The monoisotopic (exact) mass is 257 g/mol. The number of anilines is 1. The van der Waals surface area contributed by atoms with Crippen molar-refractivity contribution in [2.24, 2.45) is 0 Å². The molecule has 0 fully saturated rings. The summed E-state index contributed by atoms with van der Waals surface area (Å²) in [5.74, 6) is 0.535. The molecule has 0 bridgehead atoms. The third-order valence-electron chi connectivity index (χ3n) is 1.50. The zero-order chi connectivity index (χ0) is 10.4. The fourth-order valence-electron chi connectivity index (χ4n) is 0.872. The average Bonchev–Trinajstić information content (AvgIpc) is 2.15.